The molecule has 0 radical (unpaired) electrons. The van der Waals surface area contributed by atoms with E-state index in [1.807, 2.05) is 0 Å². The van der Waals surface area contributed by atoms with Crippen molar-refractivity contribution >= 4 is 0 Å². The highest BCUT2D eigenvalue weighted by Gasteiger charge is 2.27. The summed E-state index contributed by atoms with van der Waals surface area (Å²) in [5.41, 5.74) is 2.00. The number of nitrogens with one attached hydrogen (secondary N) is 1. The second kappa shape index (κ2) is 24.1. The van der Waals surface area contributed by atoms with E-state index >= 15 is 0 Å². The Balaban J connectivity index is -0.000000235. The molecule has 2 saturated heterocycles. The van der Waals surface area contributed by atoms with Crippen molar-refractivity contribution in [3.63, 3.8) is 0 Å². The summed E-state index contributed by atoms with van der Waals surface area (Å²) >= 11 is 0. The van der Waals surface area contributed by atoms with Crippen LogP contribution in [0.5, 0.6) is 0 Å². The molecule has 0 aromatic heterocycles. The van der Waals surface area contributed by atoms with Gasteiger partial charge in [0.1, 0.15) is 0 Å². The van der Waals surface area contributed by atoms with E-state index in [4.69, 9.17) is 0 Å². The summed E-state index contributed by atoms with van der Waals surface area (Å²) in [6.45, 7) is 32.0. The third-order valence-corrected chi connectivity index (χ3v) is 10.3. The molecule has 1 atom stereocenters. The number of hydrogen-bond acceptors (Lipinski definition) is 2. The van der Waals surface area contributed by atoms with E-state index in [1.165, 1.54) is 122 Å². The Hall–Kier alpha value is -0.0800. The summed E-state index contributed by atoms with van der Waals surface area (Å²) < 4.78 is 0. The van der Waals surface area contributed by atoms with Crippen molar-refractivity contribution in [2.24, 2.45) is 28.1 Å². The highest BCUT2D eigenvalue weighted by molar-refractivity contribution is 4.83. The summed E-state index contributed by atoms with van der Waals surface area (Å²) in [5.74, 6) is 2.00. The van der Waals surface area contributed by atoms with Crippen LogP contribution in [0.3, 0.4) is 0 Å². The van der Waals surface area contributed by atoms with Gasteiger partial charge in [0.25, 0.3) is 0 Å². The van der Waals surface area contributed by atoms with Gasteiger partial charge in [0, 0.05) is 11.6 Å². The second-order valence-electron chi connectivity index (χ2n) is 18.0. The van der Waals surface area contributed by atoms with Gasteiger partial charge in [0.2, 0.25) is 0 Å². The average molecular weight is 627 g/mol. The monoisotopic (exact) mass is 627 g/mol. The van der Waals surface area contributed by atoms with Crippen LogP contribution < -0.4 is 5.32 Å². The van der Waals surface area contributed by atoms with Crippen molar-refractivity contribution < 1.29 is 0 Å². The number of piperidine rings is 2. The standard InChI is InChI=1S/2C10H20.2C9H19N.4CH4/c2*1-10(2,3)9-7-5-4-6-8-9;1-9(2,3)10-7-5-4-6-8-10;1-9(2,3)8-6-4-5-7-10-8;;;;/h2*9H,4-8H2,1-3H3;4-8H2,1-3H3;8,10H,4-7H2,1-3H3;4*1H4. The Kier molecular flexibility index (Phi) is 27.8. The van der Waals surface area contributed by atoms with Gasteiger partial charge >= 0.3 is 0 Å². The smallest absolute Gasteiger partial charge is 0.0125 e. The molecule has 272 valence electrons. The van der Waals surface area contributed by atoms with Crippen molar-refractivity contribution in [3.05, 3.63) is 0 Å². The molecule has 44 heavy (non-hydrogen) atoms. The van der Waals surface area contributed by atoms with E-state index in [9.17, 15) is 0 Å². The normalized spacial score (nSPS) is 22.2. The van der Waals surface area contributed by atoms with Crippen LogP contribution in [0.1, 0.15) is 216 Å². The zero-order valence-electron chi connectivity index (χ0n) is 30.1. The molecule has 4 fully saturated rings. The van der Waals surface area contributed by atoms with Gasteiger partial charge in [0.15, 0.2) is 0 Å². The third-order valence-electron chi connectivity index (χ3n) is 10.3. The predicted molar refractivity (Wildman–Crippen MR) is 209 cm³/mol. The molecule has 4 rings (SSSR count). The second-order valence-corrected chi connectivity index (χ2v) is 18.0. The fourth-order valence-electron chi connectivity index (χ4n) is 7.09. The van der Waals surface area contributed by atoms with Gasteiger partial charge in [-0.05, 0) is 120 Å². The number of nitrogens with zero attached hydrogens (tertiary/aromatic N) is 1. The molecule has 2 heterocycles. The quantitative estimate of drug-likeness (QED) is 0.288. The highest BCUT2D eigenvalue weighted by atomic mass is 15.2. The molecular formula is C42H94N2. The van der Waals surface area contributed by atoms with E-state index in [0.29, 0.717) is 21.8 Å². The Morgan fingerprint density at radius 2 is 0.750 bits per heavy atom. The molecule has 0 aromatic carbocycles. The van der Waals surface area contributed by atoms with Crippen LogP contribution in [0.15, 0.2) is 0 Å². The molecule has 2 nitrogen and oxygen atoms in total. The predicted octanol–water partition coefficient (Wildman–Crippen LogP) is 14.2. The fourth-order valence-corrected chi connectivity index (χ4v) is 7.09. The average Bonchev–Trinajstić information content (AvgIpc) is 2.90. The lowest BCUT2D eigenvalue weighted by atomic mass is 9.72. The van der Waals surface area contributed by atoms with E-state index in [0.717, 1.165) is 17.9 Å². The molecule has 2 heteroatoms. The van der Waals surface area contributed by atoms with Crippen LogP contribution in [0, 0.1) is 28.1 Å². The first-order chi connectivity index (χ1) is 18.4. The van der Waals surface area contributed by atoms with Crippen LogP contribution in [0.2, 0.25) is 0 Å². The Labute approximate surface area is 284 Å². The first kappa shape index (κ1) is 50.8. The van der Waals surface area contributed by atoms with E-state index in [2.05, 4.69) is 93.3 Å². The van der Waals surface area contributed by atoms with Gasteiger partial charge in [-0.15, -0.1) is 0 Å². The lowest BCUT2D eigenvalue weighted by Crippen LogP contribution is -2.44. The molecule has 0 spiro atoms. The maximum absolute atomic E-state index is 3.56. The van der Waals surface area contributed by atoms with Crippen LogP contribution in [0.25, 0.3) is 0 Å². The molecule has 2 aliphatic heterocycles. The first-order valence-corrected chi connectivity index (χ1v) is 17.9. The minimum atomic E-state index is 0. The fraction of sp³-hybridized carbons (Fsp3) is 1.00. The Morgan fingerprint density at radius 1 is 0.409 bits per heavy atom. The molecular weight excluding hydrogens is 532 g/mol. The zero-order chi connectivity index (χ0) is 30.5. The molecule has 1 unspecified atom stereocenters. The molecule has 0 amide bonds. The Morgan fingerprint density at radius 3 is 0.955 bits per heavy atom. The van der Waals surface area contributed by atoms with Gasteiger partial charge in [0.05, 0.1) is 0 Å². The first-order valence-electron chi connectivity index (χ1n) is 17.9. The molecule has 2 saturated carbocycles. The molecule has 2 aliphatic carbocycles. The highest BCUT2D eigenvalue weighted by Crippen LogP contribution is 2.38. The minimum absolute atomic E-state index is 0. The maximum Gasteiger partial charge on any atom is 0.0125 e. The van der Waals surface area contributed by atoms with Crippen molar-refractivity contribution in [1.29, 1.82) is 0 Å². The van der Waals surface area contributed by atoms with Gasteiger partial charge in [-0.25, -0.2) is 0 Å². The molecule has 4 aliphatic rings. The lowest BCUT2D eigenvalue weighted by molar-refractivity contribution is 0.111. The van der Waals surface area contributed by atoms with Gasteiger partial charge < -0.3 is 5.32 Å². The summed E-state index contributed by atoms with van der Waals surface area (Å²) in [4.78, 5) is 2.58. The minimum Gasteiger partial charge on any atom is -0.313 e. The summed E-state index contributed by atoms with van der Waals surface area (Å²) in [7, 11) is 0. The van der Waals surface area contributed by atoms with E-state index < -0.39 is 0 Å². The molecule has 0 bridgehead atoms. The molecule has 0 aromatic rings. The SMILES string of the molecule is C.C.C.C.CC(C)(C)C1CCCCC1.CC(C)(C)C1CCCCC1.CC(C)(C)C1CCCCN1.CC(C)(C)N1CCCCC1. The van der Waals surface area contributed by atoms with Crippen LogP contribution in [-0.4, -0.2) is 36.1 Å². The number of rotatable bonds is 0. The topological polar surface area (TPSA) is 15.3 Å². The third kappa shape index (κ3) is 22.4. The maximum atomic E-state index is 3.56. The van der Waals surface area contributed by atoms with Crippen molar-refractivity contribution in [2.45, 2.75) is 227 Å². The van der Waals surface area contributed by atoms with Crippen LogP contribution >= 0.6 is 0 Å². The number of hydrogen-bond donors (Lipinski definition) is 1. The van der Waals surface area contributed by atoms with Crippen LogP contribution in [0.4, 0.5) is 0 Å². The summed E-state index contributed by atoms with van der Waals surface area (Å²) in [6.07, 6.45) is 23.1. The van der Waals surface area contributed by atoms with Gasteiger partial charge in [-0.3, -0.25) is 4.90 Å². The zero-order valence-corrected chi connectivity index (χ0v) is 30.1. The van der Waals surface area contributed by atoms with E-state index in [1.54, 1.807) is 0 Å². The Bertz CT molecular complexity index is 488. The van der Waals surface area contributed by atoms with E-state index in [-0.39, 0.29) is 29.7 Å². The van der Waals surface area contributed by atoms with Crippen molar-refractivity contribution in [1.82, 2.24) is 10.2 Å². The van der Waals surface area contributed by atoms with Crippen molar-refractivity contribution in [2.75, 3.05) is 19.6 Å². The van der Waals surface area contributed by atoms with Gasteiger partial charge in [-0.1, -0.05) is 143 Å². The largest absolute Gasteiger partial charge is 0.313 e. The lowest BCUT2D eigenvalue weighted by Gasteiger charge is -2.38. The summed E-state index contributed by atoms with van der Waals surface area (Å²) in [6, 6.07) is 0.751. The number of likely N-dealkylation sites (tertiary alicyclic amines) is 1. The van der Waals surface area contributed by atoms with Gasteiger partial charge in [-0.2, -0.15) is 0 Å². The van der Waals surface area contributed by atoms with Crippen molar-refractivity contribution in [3.8, 4) is 0 Å². The summed E-state index contributed by atoms with van der Waals surface area (Å²) in [5, 5.41) is 3.56. The van der Waals surface area contributed by atoms with Crippen LogP contribution in [-0.2, 0) is 0 Å². The molecule has 1 N–H and O–H groups in total.